The predicted octanol–water partition coefficient (Wildman–Crippen LogP) is 3.21. The second-order valence-electron chi connectivity index (χ2n) is 9.00. The molecule has 1 amide bonds. The lowest BCUT2D eigenvalue weighted by Crippen LogP contribution is -2.55. The highest BCUT2D eigenvalue weighted by Gasteiger charge is 2.51. The summed E-state index contributed by atoms with van der Waals surface area (Å²) < 4.78 is 6.02. The topological polar surface area (TPSA) is 83.0 Å². The molecule has 0 radical (unpaired) electrons. The van der Waals surface area contributed by atoms with Crippen molar-refractivity contribution in [3.8, 4) is 0 Å². The van der Waals surface area contributed by atoms with Gasteiger partial charge in [-0.15, -0.1) is 0 Å². The molecular weight excluding hydrogens is 406 g/mol. The lowest BCUT2D eigenvalue weighted by molar-refractivity contribution is -0.167. The highest BCUT2D eigenvalue weighted by atomic mass is 16.5. The van der Waals surface area contributed by atoms with Gasteiger partial charge >= 0.3 is 5.97 Å². The first-order valence-corrected chi connectivity index (χ1v) is 11.3. The lowest BCUT2D eigenvalue weighted by atomic mass is 9.65. The van der Waals surface area contributed by atoms with Gasteiger partial charge < -0.3 is 19.6 Å². The molecule has 1 saturated heterocycles. The summed E-state index contributed by atoms with van der Waals surface area (Å²) in [4.78, 5) is 33.9. The molecule has 2 aliphatic rings. The average molecular weight is 438 g/mol. The number of aromatic nitrogens is 1. The van der Waals surface area contributed by atoms with Crippen molar-refractivity contribution < 1.29 is 19.4 Å². The highest BCUT2D eigenvalue weighted by Crippen LogP contribution is 2.43. The van der Waals surface area contributed by atoms with E-state index in [0.29, 0.717) is 39.0 Å². The van der Waals surface area contributed by atoms with Crippen molar-refractivity contribution in [1.29, 1.82) is 0 Å². The number of rotatable bonds is 6. The first-order valence-electron chi connectivity index (χ1n) is 11.3. The zero-order valence-corrected chi connectivity index (χ0v) is 18.5. The van der Waals surface area contributed by atoms with Crippen LogP contribution in [0.2, 0.25) is 0 Å². The molecule has 2 aromatic rings. The van der Waals surface area contributed by atoms with Crippen LogP contribution in [-0.2, 0) is 20.9 Å². The van der Waals surface area contributed by atoms with Crippen LogP contribution in [0.4, 0.5) is 5.69 Å². The number of pyridine rings is 1. The second kappa shape index (κ2) is 9.69. The number of hydrogen-bond donors (Lipinski definition) is 1. The number of anilines is 1. The van der Waals surface area contributed by atoms with Crippen LogP contribution in [0.1, 0.15) is 31.7 Å². The molecule has 1 aromatic heterocycles. The molecule has 32 heavy (non-hydrogen) atoms. The Bertz CT molecular complexity index is 915. The van der Waals surface area contributed by atoms with Gasteiger partial charge in [0, 0.05) is 44.3 Å². The summed E-state index contributed by atoms with van der Waals surface area (Å²) in [6, 6.07) is 14.0. The third-order valence-electron chi connectivity index (χ3n) is 6.91. The molecule has 3 atom stereocenters. The Kier molecular flexibility index (Phi) is 6.74. The third kappa shape index (κ3) is 4.78. The quantitative estimate of drug-likeness (QED) is 0.747. The Morgan fingerprint density at radius 1 is 1.09 bits per heavy atom. The van der Waals surface area contributed by atoms with Crippen molar-refractivity contribution in [3.05, 3.63) is 60.4 Å². The number of carboxylic acid groups (broad SMARTS) is 1. The maximum atomic E-state index is 13.4. The van der Waals surface area contributed by atoms with E-state index >= 15 is 0 Å². The van der Waals surface area contributed by atoms with Crippen LogP contribution in [0.15, 0.2) is 54.9 Å². The molecular formula is C25H31N3O4. The number of aliphatic carboxylic acids is 1. The van der Waals surface area contributed by atoms with Crippen LogP contribution in [0, 0.1) is 11.3 Å². The monoisotopic (exact) mass is 437 g/mol. The van der Waals surface area contributed by atoms with Gasteiger partial charge in [-0.2, -0.15) is 0 Å². The van der Waals surface area contributed by atoms with Crippen molar-refractivity contribution in [2.75, 3.05) is 31.1 Å². The summed E-state index contributed by atoms with van der Waals surface area (Å²) in [7, 11) is 0. The fourth-order valence-corrected chi connectivity index (χ4v) is 4.90. The summed E-state index contributed by atoms with van der Waals surface area (Å²) in [5.74, 6) is -1.48. The van der Waals surface area contributed by atoms with E-state index in [0.717, 1.165) is 24.3 Å². The number of amides is 1. The summed E-state index contributed by atoms with van der Waals surface area (Å²) in [6.45, 7) is 4.83. The number of ether oxygens (including phenoxy) is 1. The SMILES string of the molecule is C[C@]1(C(=O)O)C[C@H](OCc2cccnc2)CC[C@@H]1C(=O)N1CCN(c2ccccc2)CC1. The fraction of sp³-hybridized carbons (Fsp3) is 0.480. The van der Waals surface area contributed by atoms with Gasteiger partial charge in [0.05, 0.1) is 24.0 Å². The molecule has 7 nitrogen and oxygen atoms in total. The van der Waals surface area contributed by atoms with E-state index in [1.54, 1.807) is 19.3 Å². The lowest BCUT2D eigenvalue weighted by Gasteiger charge is -2.44. The van der Waals surface area contributed by atoms with Crippen LogP contribution >= 0.6 is 0 Å². The number of benzene rings is 1. The Balaban J connectivity index is 1.37. The molecule has 2 heterocycles. The molecule has 1 saturated carbocycles. The van der Waals surface area contributed by atoms with Gasteiger partial charge in [-0.05, 0) is 49.9 Å². The molecule has 0 spiro atoms. The van der Waals surface area contributed by atoms with Gasteiger partial charge in [0.15, 0.2) is 0 Å². The van der Waals surface area contributed by atoms with Crippen LogP contribution in [0.5, 0.6) is 0 Å². The fourth-order valence-electron chi connectivity index (χ4n) is 4.90. The number of hydrogen-bond acceptors (Lipinski definition) is 5. The summed E-state index contributed by atoms with van der Waals surface area (Å²) in [6.07, 6.45) is 4.82. The molecule has 0 unspecified atom stereocenters. The smallest absolute Gasteiger partial charge is 0.310 e. The maximum Gasteiger partial charge on any atom is 0.310 e. The zero-order valence-electron chi connectivity index (χ0n) is 18.5. The van der Waals surface area contributed by atoms with E-state index in [4.69, 9.17) is 4.74 Å². The van der Waals surface area contributed by atoms with Crippen LogP contribution in [0.3, 0.4) is 0 Å². The average Bonchev–Trinajstić information content (AvgIpc) is 2.83. The molecule has 0 bridgehead atoms. The largest absolute Gasteiger partial charge is 0.481 e. The summed E-state index contributed by atoms with van der Waals surface area (Å²) >= 11 is 0. The predicted molar refractivity (Wildman–Crippen MR) is 121 cm³/mol. The van der Waals surface area contributed by atoms with Crippen LogP contribution < -0.4 is 4.90 Å². The minimum Gasteiger partial charge on any atom is -0.481 e. The molecule has 1 N–H and O–H groups in total. The standard InChI is InChI=1S/C25H31N3O4/c1-25(24(30)31)16-21(32-18-19-6-5-11-26-17-19)9-10-22(25)23(29)28-14-12-27(13-15-28)20-7-3-2-4-8-20/h2-8,11,17,21-22H,9-10,12-16,18H2,1H3,(H,30,31)/t21-,22-,25+/m1/s1. The van der Waals surface area contributed by atoms with Crippen molar-refractivity contribution in [2.45, 2.75) is 38.9 Å². The highest BCUT2D eigenvalue weighted by molar-refractivity contribution is 5.87. The zero-order chi connectivity index (χ0) is 22.6. The molecule has 4 rings (SSSR count). The van der Waals surface area contributed by atoms with Gasteiger partial charge in [-0.25, -0.2) is 0 Å². The number of carbonyl (C=O) groups is 2. The van der Waals surface area contributed by atoms with Crippen LogP contribution in [0.25, 0.3) is 0 Å². The Hall–Kier alpha value is -2.93. The van der Waals surface area contributed by atoms with E-state index in [2.05, 4.69) is 22.0 Å². The van der Waals surface area contributed by atoms with Crippen molar-refractivity contribution in [1.82, 2.24) is 9.88 Å². The van der Waals surface area contributed by atoms with Gasteiger partial charge in [0.2, 0.25) is 5.91 Å². The molecule has 2 fully saturated rings. The normalized spacial score (nSPS) is 26.0. The number of para-hydroxylation sites is 1. The molecule has 7 heteroatoms. The maximum absolute atomic E-state index is 13.4. The first kappa shape index (κ1) is 22.3. The number of nitrogens with zero attached hydrogens (tertiary/aromatic N) is 3. The number of carboxylic acids is 1. The number of carbonyl (C=O) groups excluding carboxylic acids is 1. The van der Waals surface area contributed by atoms with Crippen LogP contribution in [-0.4, -0.2) is 59.1 Å². The molecule has 1 aromatic carbocycles. The van der Waals surface area contributed by atoms with Gasteiger partial charge in [0.1, 0.15) is 0 Å². The van der Waals surface area contributed by atoms with Gasteiger partial charge in [0.25, 0.3) is 0 Å². The molecule has 1 aliphatic carbocycles. The van der Waals surface area contributed by atoms with Crippen molar-refractivity contribution in [3.63, 3.8) is 0 Å². The van der Waals surface area contributed by atoms with Crippen molar-refractivity contribution in [2.24, 2.45) is 11.3 Å². The Morgan fingerprint density at radius 3 is 2.50 bits per heavy atom. The van der Waals surface area contributed by atoms with E-state index in [9.17, 15) is 14.7 Å². The minimum absolute atomic E-state index is 0.0340. The van der Waals surface area contributed by atoms with E-state index in [-0.39, 0.29) is 12.0 Å². The summed E-state index contributed by atoms with van der Waals surface area (Å²) in [5, 5.41) is 10.1. The third-order valence-corrected chi connectivity index (χ3v) is 6.91. The van der Waals surface area contributed by atoms with E-state index < -0.39 is 17.3 Å². The van der Waals surface area contributed by atoms with E-state index in [1.165, 1.54) is 0 Å². The van der Waals surface area contributed by atoms with E-state index in [1.807, 2.05) is 35.2 Å². The number of piperazine rings is 1. The molecule has 170 valence electrons. The Labute approximate surface area is 189 Å². The van der Waals surface area contributed by atoms with Gasteiger partial charge in [-0.3, -0.25) is 14.6 Å². The van der Waals surface area contributed by atoms with Gasteiger partial charge in [-0.1, -0.05) is 24.3 Å². The second-order valence-corrected chi connectivity index (χ2v) is 9.00. The molecule has 1 aliphatic heterocycles. The Morgan fingerprint density at radius 2 is 1.84 bits per heavy atom. The first-order chi connectivity index (χ1) is 15.5. The van der Waals surface area contributed by atoms with Crippen molar-refractivity contribution >= 4 is 17.6 Å². The summed E-state index contributed by atoms with van der Waals surface area (Å²) in [5.41, 5.74) is 0.978. The minimum atomic E-state index is -1.13.